The summed E-state index contributed by atoms with van der Waals surface area (Å²) in [5.74, 6) is -0.600. The maximum absolute atomic E-state index is 14.2. The van der Waals surface area contributed by atoms with Crippen molar-refractivity contribution in [3.05, 3.63) is 71.2 Å². The van der Waals surface area contributed by atoms with E-state index in [-0.39, 0.29) is 30.2 Å². The topological polar surface area (TPSA) is 62.5 Å². The Morgan fingerprint density at radius 1 is 1.15 bits per heavy atom. The van der Waals surface area contributed by atoms with E-state index in [0.29, 0.717) is 25.2 Å². The molecule has 1 saturated carbocycles. The van der Waals surface area contributed by atoms with Gasteiger partial charge >= 0.3 is 5.97 Å². The SMILES string of the molecule is CC(Cc1ccccc1)C(=O)N(CC1CC1)C1CCc2c(c3cc(F)ccc3n2CC(=O)O)C1. The fourth-order valence-corrected chi connectivity index (χ4v) is 5.52. The molecule has 0 spiro atoms. The first-order chi connectivity index (χ1) is 16.4. The fourth-order valence-electron chi connectivity index (χ4n) is 5.52. The van der Waals surface area contributed by atoms with E-state index in [0.717, 1.165) is 53.5 Å². The second-order valence-electron chi connectivity index (χ2n) is 9.99. The largest absolute Gasteiger partial charge is 0.480 e. The molecule has 2 unspecified atom stereocenters. The number of hydrogen-bond donors (Lipinski definition) is 1. The molecule has 6 heteroatoms. The van der Waals surface area contributed by atoms with Gasteiger partial charge in [-0.1, -0.05) is 37.3 Å². The van der Waals surface area contributed by atoms with Gasteiger partial charge in [0.25, 0.3) is 0 Å². The molecule has 0 bridgehead atoms. The highest BCUT2D eigenvalue weighted by Crippen LogP contribution is 2.37. The first kappa shape index (κ1) is 22.6. The molecule has 1 N–H and O–H groups in total. The van der Waals surface area contributed by atoms with Gasteiger partial charge in [0, 0.05) is 35.1 Å². The Kier molecular flexibility index (Phi) is 6.15. The van der Waals surface area contributed by atoms with E-state index in [9.17, 15) is 19.1 Å². The lowest BCUT2D eigenvalue weighted by molar-refractivity contribution is -0.138. The molecule has 0 radical (unpaired) electrons. The van der Waals surface area contributed by atoms with Crippen LogP contribution in [0.4, 0.5) is 4.39 Å². The summed E-state index contributed by atoms with van der Waals surface area (Å²) < 4.78 is 16.0. The maximum atomic E-state index is 14.2. The van der Waals surface area contributed by atoms with Crippen LogP contribution in [0.2, 0.25) is 0 Å². The molecule has 3 aromatic rings. The molecule has 1 heterocycles. The lowest BCUT2D eigenvalue weighted by Gasteiger charge is -2.36. The number of hydrogen-bond acceptors (Lipinski definition) is 2. The van der Waals surface area contributed by atoms with Crippen molar-refractivity contribution in [1.29, 1.82) is 0 Å². The van der Waals surface area contributed by atoms with Crippen molar-refractivity contribution >= 4 is 22.8 Å². The molecule has 5 rings (SSSR count). The van der Waals surface area contributed by atoms with Crippen LogP contribution in [0.5, 0.6) is 0 Å². The molecule has 2 aliphatic rings. The van der Waals surface area contributed by atoms with Crippen LogP contribution in [0.3, 0.4) is 0 Å². The van der Waals surface area contributed by atoms with Gasteiger partial charge in [-0.25, -0.2) is 4.39 Å². The van der Waals surface area contributed by atoms with Crippen LogP contribution in [0.25, 0.3) is 10.9 Å². The molecule has 1 aromatic heterocycles. The molecule has 34 heavy (non-hydrogen) atoms. The summed E-state index contributed by atoms with van der Waals surface area (Å²) >= 11 is 0. The number of halogens is 1. The van der Waals surface area contributed by atoms with Crippen LogP contribution < -0.4 is 0 Å². The highest BCUT2D eigenvalue weighted by atomic mass is 19.1. The van der Waals surface area contributed by atoms with E-state index in [4.69, 9.17) is 0 Å². The number of carboxylic acid groups (broad SMARTS) is 1. The second kappa shape index (κ2) is 9.24. The number of fused-ring (bicyclic) bond motifs is 3. The molecule has 0 saturated heterocycles. The zero-order chi connectivity index (χ0) is 23.8. The summed E-state index contributed by atoms with van der Waals surface area (Å²) in [4.78, 5) is 27.3. The third-order valence-electron chi connectivity index (χ3n) is 7.38. The highest BCUT2D eigenvalue weighted by Gasteiger charge is 2.36. The van der Waals surface area contributed by atoms with E-state index in [1.165, 1.54) is 12.1 Å². The summed E-state index contributed by atoms with van der Waals surface area (Å²) in [6, 6.07) is 14.7. The Hall–Kier alpha value is -3.15. The van der Waals surface area contributed by atoms with Crippen molar-refractivity contribution in [3.8, 4) is 0 Å². The average molecular weight is 463 g/mol. The summed E-state index contributed by atoms with van der Waals surface area (Å²) in [6.45, 7) is 2.65. The van der Waals surface area contributed by atoms with Gasteiger partial charge in [0.15, 0.2) is 0 Å². The highest BCUT2D eigenvalue weighted by molar-refractivity contribution is 5.87. The molecule has 5 nitrogen and oxygen atoms in total. The van der Waals surface area contributed by atoms with Gasteiger partial charge in [0.1, 0.15) is 12.4 Å². The standard InChI is InChI=1S/C28H31FN2O3/c1-18(13-19-5-3-2-4-6-19)28(34)30(16-20-7-8-20)22-10-12-26-24(15-22)23-14-21(29)9-11-25(23)31(26)17-27(32)33/h2-6,9,11,14,18,20,22H,7-8,10,12-13,15-17H2,1H3,(H,32,33). The third kappa shape index (κ3) is 4.59. The first-order valence-corrected chi connectivity index (χ1v) is 12.3. The van der Waals surface area contributed by atoms with Gasteiger partial charge < -0.3 is 14.6 Å². The van der Waals surface area contributed by atoms with Crippen LogP contribution >= 0.6 is 0 Å². The van der Waals surface area contributed by atoms with Crippen LogP contribution in [-0.4, -0.2) is 39.0 Å². The maximum Gasteiger partial charge on any atom is 0.323 e. The minimum absolute atomic E-state index is 0.0472. The van der Waals surface area contributed by atoms with Crippen molar-refractivity contribution in [2.45, 2.75) is 58.0 Å². The Labute approximate surface area is 199 Å². The number of nitrogens with zero attached hydrogens (tertiary/aromatic N) is 2. The van der Waals surface area contributed by atoms with E-state index in [2.05, 4.69) is 17.0 Å². The number of carbonyl (C=O) groups is 2. The Morgan fingerprint density at radius 2 is 1.91 bits per heavy atom. The van der Waals surface area contributed by atoms with Crippen LogP contribution in [-0.2, 0) is 35.4 Å². The van der Waals surface area contributed by atoms with Gasteiger partial charge in [-0.2, -0.15) is 0 Å². The Balaban J connectivity index is 1.44. The van der Waals surface area contributed by atoms with E-state index in [1.54, 1.807) is 6.07 Å². The van der Waals surface area contributed by atoms with Crippen molar-refractivity contribution in [3.63, 3.8) is 0 Å². The molecule has 2 atom stereocenters. The van der Waals surface area contributed by atoms with Gasteiger partial charge in [-0.05, 0) is 73.8 Å². The Bertz CT molecular complexity index is 1220. The molecule has 1 amide bonds. The van der Waals surface area contributed by atoms with Gasteiger partial charge in [0.2, 0.25) is 5.91 Å². The van der Waals surface area contributed by atoms with E-state index >= 15 is 0 Å². The number of aromatic nitrogens is 1. The van der Waals surface area contributed by atoms with E-state index in [1.807, 2.05) is 29.7 Å². The molecule has 0 aliphatic heterocycles. The van der Waals surface area contributed by atoms with Crippen LogP contribution in [0, 0.1) is 17.7 Å². The number of aliphatic carboxylic acids is 1. The predicted octanol–water partition coefficient (Wildman–Crippen LogP) is 4.84. The van der Waals surface area contributed by atoms with Crippen molar-refractivity contribution in [2.75, 3.05) is 6.54 Å². The molecule has 2 aromatic carbocycles. The fraction of sp³-hybridized carbons (Fsp3) is 0.429. The zero-order valence-electron chi connectivity index (χ0n) is 19.5. The number of carbonyl (C=O) groups excluding carboxylic acids is 1. The molecular formula is C28H31FN2O3. The molecular weight excluding hydrogens is 431 g/mol. The van der Waals surface area contributed by atoms with E-state index < -0.39 is 5.97 Å². The second-order valence-corrected chi connectivity index (χ2v) is 9.99. The first-order valence-electron chi connectivity index (χ1n) is 12.3. The number of benzene rings is 2. The predicted molar refractivity (Wildman–Crippen MR) is 129 cm³/mol. The minimum Gasteiger partial charge on any atom is -0.480 e. The van der Waals surface area contributed by atoms with Crippen LogP contribution in [0.15, 0.2) is 48.5 Å². The van der Waals surface area contributed by atoms with Crippen molar-refractivity contribution < 1.29 is 19.1 Å². The summed E-state index contributed by atoms with van der Waals surface area (Å²) in [6.07, 6.45) is 5.16. The molecule has 2 aliphatic carbocycles. The lowest BCUT2D eigenvalue weighted by atomic mass is 9.89. The normalized spacial score (nSPS) is 18.5. The average Bonchev–Trinajstić information content (AvgIpc) is 3.60. The van der Waals surface area contributed by atoms with Crippen molar-refractivity contribution in [1.82, 2.24) is 9.47 Å². The summed E-state index contributed by atoms with van der Waals surface area (Å²) in [5.41, 5.74) is 3.88. The molecule has 178 valence electrons. The van der Waals surface area contributed by atoms with Gasteiger partial charge in [-0.15, -0.1) is 0 Å². The number of carboxylic acids is 1. The van der Waals surface area contributed by atoms with Gasteiger partial charge in [-0.3, -0.25) is 9.59 Å². The molecule has 1 fully saturated rings. The monoisotopic (exact) mass is 462 g/mol. The van der Waals surface area contributed by atoms with Crippen molar-refractivity contribution in [2.24, 2.45) is 11.8 Å². The quantitative estimate of drug-likeness (QED) is 0.521. The smallest absolute Gasteiger partial charge is 0.323 e. The third-order valence-corrected chi connectivity index (χ3v) is 7.38. The van der Waals surface area contributed by atoms with Crippen LogP contribution in [0.1, 0.15) is 43.0 Å². The Morgan fingerprint density at radius 3 is 2.62 bits per heavy atom. The summed E-state index contributed by atoms with van der Waals surface area (Å²) in [5, 5.41) is 10.2. The van der Waals surface area contributed by atoms with Gasteiger partial charge in [0.05, 0.1) is 0 Å². The number of rotatable bonds is 8. The number of amides is 1. The lowest BCUT2D eigenvalue weighted by Crippen LogP contribution is -2.47. The summed E-state index contributed by atoms with van der Waals surface area (Å²) in [7, 11) is 0. The zero-order valence-corrected chi connectivity index (χ0v) is 19.5. The minimum atomic E-state index is -0.911.